The van der Waals surface area contributed by atoms with Gasteiger partial charge in [-0.1, -0.05) is 6.92 Å². The molecular formula is C12H23ClN2O2. The van der Waals surface area contributed by atoms with Crippen LogP contribution in [0.25, 0.3) is 0 Å². The van der Waals surface area contributed by atoms with Crippen molar-refractivity contribution in [2.45, 2.75) is 32.2 Å². The molecule has 0 saturated carbocycles. The lowest BCUT2D eigenvalue weighted by Crippen LogP contribution is -2.51. The van der Waals surface area contributed by atoms with Gasteiger partial charge in [-0.05, 0) is 25.2 Å². The molecule has 1 amide bonds. The number of nitrogens with two attached hydrogens (primary N) is 1. The molecule has 2 aliphatic rings. The second-order valence-corrected chi connectivity index (χ2v) is 5.11. The van der Waals surface area contributed by atoms with Crippen molar-refractivity contribution in [2.75, 3.05) is 26.3 Å². The summed E-state index contributed by atoms with van der Waals surface area (Å²) < 4.78 is 5.28. The van der Waals surface area contributed by atoms with Gasteiger partial charge >= 0.3 is 0 Å². The predicted octanol–water partition coefficient (Wildman–Crippen LogP) is 1.03. The van der Waals surface area contributed by atoms with Crippen LogP contribution in [-0.2, 0) is 9.53 Å². The van der Waals surface area contributed by atoms with Gasteiger partial charge in [0.05, 0.1) is 12.5 Å². The summed E-state index contributed by atoms with van der Waals surface area (Å²) in [5, 5.41) is 0. The summed E-state index contributed by atoms with van der Waals surface area (Å²) in [6, 6.07) is 0.247. The van der Waals surface area contributed by atoms with E-state index in [1.54, 1.807) is 0 Å². The minimum Gasteiger partial charge on any atom is -0.381 e. The first-order chi connectivity index (χ1) is 7.72. The van der Waals surface area contributed by atoms with Crippen LogP contribution >= 0.6 is 12.4 Å². The Labute approximate surface area is 109 Å². The summed E-state index contributed by atoms with van der Waals surface area (Å²) in [6.45, 7) is 5.03. The molecule has 2 heterocycles. The SMILES string of the molecule is CC1CCN(C(=O)C2CCOC2)C(CN)C1.Cl. The van der Waals surface area contributed by atoms with Crippen molar-refractivity contribution in [3.05, 3.63) is 0 Å². The maximum Gasteiger partial charge on any atom is 0.228 e. The summed E-state index contributed by atoms with van der Waals surface area (Å²) in [6.07, 6.45) is 3.04. The average molecular weight is 263 g/mol. The minimum absolute atomic E-state index is 0. The van der Waals surface area contributed by atoms with Crippen molar-refractivity contribution >= 4 is 18.3 Å². The molecule has 5 heteroatoms. The van der Waals surface area contributed by atoms with Crippen LogP contribution in [0.4, 0.5) is 0 Å². The van der Waals surface area contributed by atoms with Gasteiger partial charge in [0.25, 0.3) is 0 Å². The van der Waals surface area contributed by atoms with Gasteiger partial charge in [0.15, 0.2) is 0 Å². The lowest BCUT2D eigenvalue weighted by atomic mass is 9.91. The third-order valence-corrected chi connectivity index (χ3v) is 3.81. The maximum atomic E-state index is 12.3. The van der Waals surface area contributed by atoms with E-state index in [-0.39, 0.29) is 30.3 Å². The van der Waals surface area contributed by atoms with Crippen molar-refractivity contribution in [2.24, 2.45) is 17.6 Å². The number of rotatable bonds is 2. The molecule has 2 N–H and O–H groups in total. The summed E-state index contributed by atoms with van der Waals surface area (Å²) in [7, 11) is 0. The zero-order valence-electron chi connectivity index (χ0n) is 10.4. The van der Waals surface area contributed by atoms with E-state index in [1.165, 1.54) is 0 Å². The molecule has 2 saturated heterocycles. The molecule has 0 aliphatic carbocycles. The Kier molecular flexibility index (Phi) is 5.70. The van der Waals surface area contributed by atoms with E-state index in [0.717, 1.165) is 32.4 Å². The largest absolute Gasteiger partial charge is 0.381 e. The Bertz CT molecular complexity index is 257. The van der Waals surface area contributed by atoms with Crippen molar-refractivity contribution in [1.82, 2.24) is 4.90 Å². The van der Waals surface area contributed by atoms with Crippen LogP contribution in [0.2, 0.25) is 0 Å². The normalized spacial score (nSPS) is 33.3. The molecule has 0 aromatic rings. The van der Waals surface area contributed by atoms with E-state index in [9.17, 15) is 4.79 Å². The molecule has 2 rings (SSSR count). The number of piperidine rings is 1. The van der Waals surface area contributed by atoms with Gasteiger partial charge < -0.3 is 15.4 Å². The Morgan fingerprint density at radius 3 is 2.82 bits per heavy atom. The topological polar surface area (TPSA) is 55.6 Å². The molecule has 0 aromatic heterocycles. The van der Waals surface area contributed by atoms with E-state index in [0.29, 0.717) is 19.1 Å². The van der Waals surface area contributed by atoms with Gasteiger partial charge in [0.1, 0.15) is 0 Å². The Morgan fingerprint density at radius 1 is 1.47 bits per heavy atom. The second kappa shape index (κ2) is 6.57. The third kappa shape index (κ3) is 3.33. The van der Waals surface area contributed by atoms with Crippen LogP contribution in [0.3, 0.4) is 0 Å². The Hall–Kier alpha value is -0.320. The number of ether oxygens (including phenoxy) is 1. The van der Waals surface area contributed by atoms with Gasteiger partial charge in [0, 0.05) is 25.7 Å². The highest BCUT2D eigenvalue weighted by Crippen LogP contribution is 2.25. The molecule has 17 heavy (non-hydrogen) atoms. The lowest BCUT2D eigenvalue weighted by molar-refractivity contribution is -0.139. The number of likely N-dealkylation sites (tertiary alicyclic amines) is 1. The van der Waals surface area contributed by atoms with E-state index >= 15 is 0 Å². The van der Waals surface area contributed by atoms with Crippen LogP contribution in [0, 0.1) is 11.8 Å². The van der Waals surface area contributed by atoms with Crippen LogP contribution in [0.1, 0.15) is 26.2 Å². The molecule has 0 aromatic carbocycles. The highest BCUT2D eigenvalue weighted by molar-refractivity contribution is 5.85. The first-order valence-corrected chi connectivity index (χ1v) is 6.30. The summed E-state index contributed by atoms with van der Waals surface area (Å²) in [5.41, 5.74) is 5.77. The smallest absolute Gasteiger partial charge is 0.228 e. The zero-order valence-corrected chi connectivity index (χ0v) is 11.2. The van der Waals surface area contributed by atoms with Crippen LogP contribution in [-0.4, -0.2) is 43.2 Å². The van der Waals surface area contributed by atoms with Crippen molar-refractivity contribution in [1.29, 1.82) is 0 Å². The van der Waals surface area contributed by atoms with E-state index in [1.807, 2.05) is 4.90 Å². The average Bonchev–Trinajstić information content (AvgIpc) is 2.81. The number of carbonyl (C=O) groups excluding carboxylic acids is 1. The first kappa shape index (κ1) is 14.7. The van der Waals surface area contributed by atoms with E-state index < -0.39 is 0 Å². The van der Waals surface area contributed by atoms with Gasteiger partial charge in [0.2, 0.25) is 5.91 Å². The molecule has 2 aliphatic heterocycles. The Morgan fingerprint density at radius 2 is 2.24 bits per heavy atom. The van der Waals surface area contributed by atoms with Gasteiger partial charge in [-0.2, -0.15) is 0 Å². The highest BCUT2D eigenvalue weighted by atomic mass is 35.5. The monoisotopic (exact) mass is 262 g/mol. The van der Waals surface area contributed by atoms with Crippen LogP contribution in [0.5, 0.6) is 0 Å². The van der Waals surface area contributed by atoms with Crippen molar-refractivity contribution in [3.63, 3.8) is 0 Å². The standard InChI is InChI=1S/C12H22N2O2.ClH/c1-9-2-4-14(11(6-9)7-13)12(15)10-3-5-16-8-10;/h9-11H,2-8,13H2,1H3;1H. The fourth-order valence-corrected chi connectivity index (χ4v) is 2.73. The van der Waals surface area contributed by atoms with Crippen molar-refractivity contribution in [3.8, 4) is 0 Å². The molecule has 100 valence electrons. The number of hydrogen-bond acceptors (Lipinski definition) is 3. The Balaban J connectivity index is 0.00000144. The molecule has 0 bridgehead atoms. The van der Waals surface area contributed by atoms with Crippen LogP contribution in [0.15, 0.2) is 0 Å². The molecule has 4 nitrogen and oxygen atoms in total. The molecule has 0 spiro atoms. The minimum atomic E-state index is 0. The molecule has 3 unspecified atom stereocenters. The predicted molar refractivity (Wildman–Crippen MR) is 69.1 cm³/mol. The fourth-order valence-electron chi connectivity index (χ4n) is 2.73. The van der Waals surface area contributed by atoms with E-state index in [4.69, 9.17) is 10.5 Å². The number of halogens is 1. The number of carbonyl (C=O) groups is 1. The van der Waals surface area contributed by atoms with Gasteiger partial charge in [-0.3, -0.25) is 4.79 Å². The van der Waals surface area contributed by atoms with Crippen LogP contribution < -0.4 is 5.73 Å². The quantitative estimate of drug-likeness (QED) is 0.809. The van der Waals surface area contributed by atoms with Gasteiger partial charge in [-0.25, -0.2) is 0 Å². The third-order valence-electron chi connectivity index (χ3n) is 3.81. The highest BCUT2D eigenvalue weighted by Gasteiger charge is 2.34. The maximum absolute atomic E-state index is 12.3. The van der Waals surface area contributed by atoms with Gasteiger partial charge in [-0.15, -0.1) is 12.4 Å². The molecule has 2 fully saturated rings. The van der Waals surface area contributed by atoms with Crippen molar-refractivity contribution < 1.29 is 9.53 Å². The molecule has 3 atom stereocenters. The number of hydrogen-bond donors (Lipinski definition) is 1. The molecule has 0 radical (unpaired) electrons. The fraction of sp³-hybridized carbons (Fsp3) is 0.917. The zero-order chi connectivity index (χ0) is 11.5. The first-order valence-electron chi connectivity index (χ1n) is 6.30. The number of amides is 1. The van der Waals surface area contributed by atoms with E-state index in [2.05, 4.69) is 6.92 Å². The number of nitrogens with zero attached hydrogens (tertiary/aromatic N) is 1. The summed E-state index contributed by atoms with van der Waals surface area (Å²) in [5.74, 6) is 1.04. The second-order valence-electron chi connectivity index (χ2n) is 5.11. The lowest BCUT2D eigenvalue weighted by Gasteiger charge is -2.39. The summed E-state index contributed by atoms with van der Waals surface area (Å²) in [4.78, 5) is 14.3. The molecular weight excluding hydrogens is 240 g/mol. The summed E-state index contributed by atoms with van der Waals surface area (Å²) >= 11 is 0.